The molecule has 0 spiro atoms. The van der Waals surface area contributed by atoms with Crippen molar-refractivity contribution in [3.63, 3.8) is 0 Å². The SMILES string of the molecule is CCNC(=O)N(Cc1ccc2ccccc2c1)NC(=O)OC(C)(C)C. The normalized spacial score (nSPS) is 11.0. The molecular formula is C19H25N3O3. The van der Waals surface area contributed by atoms with Crippen molar-refractivity contribution in [3.8, 4) is 0 Å². The van der Waals surface area contributed by atoms with E-state index in [0.717, 1.165) is 16.3 Å². The van der Waals surface area contributed by atoms with Crippen LogP contribution in [0.1, 0.15) is 33.3 Å². The highest BCUT2D eigenvalue weighted by Crippen LogP contribution is 2.16. The number of amides is 3. The van der Waals surface area contributed by atoms with E-state index in [-0.39, 0.29) is 12.6 Å². The summed E-state index contributed by atoms with van der Waals surface area (Å²) in [6.45, 7) is 7.82. The summed E-state index contributed by atoms with van der Waals surface area (Å²) in [6.07, 6.45) is -0.667. The molecule has 0 aliphatic heterocycles. The third-order valence-corrected chi connectivity index (χ3v) is 3.35. The standard InChI is InChI=1S/C19H25N3O3/c1-5-20-17(23)22(21-18(24)25-19(2,3)4)13-14-10-11-15-8-6-7-9-16(15)12-14/h6-12H,5,13H2,1-4H3,(H,20,23)(H,21,24). The van der Waals surface area contributed by atoms with Crippen molar-refractivity contribution < 1.29 is 14.3 Å². The van der Waals surface area contributed by atoms with Crippen LogP contribution in [0.4, 0.5) is 9.59 Å². The molecule has 0 aliphatic carbocycles. The van der Waals surface area contributed by atoms with Crippen molar-refractivity contribution in [2.75, 3.05) is 6.54 Å². The van der Waals surface area contributed by atoms with Gasteiger partial charge in [0.15, 0.2) is 0 Å². The van der Waals surface area contributed by atoms with Gasteiger partial charge in [0.1, 0.15) is 5.60 Å². The fraction of sp³-hybridized carbons (Fsp3) is 0.368. The van der Waals surface area contributed by atoms with Crippen LogP contribution in [0.3, 0.4) is 0 Å². The van der Waals surface area contributed by atoms with E-state index < -0.39 is 11.7 Å². The number of hydrogen-bond donors (Lipinski definition) is 2. The Labute approximate surface area is 148 Å². The van der Waals surface area contributed by atoms with Crippen molar-refractivity contribution in [3.05, 3.63) is 48.0 Å². The molecule has 0 aliphatic rings. The van der Waals surface area contributed by atoms with Gasteiger partial charge in [0, 0.05) is 6.54 Å². The Balaban J connectivity index is 2.16. The van der Waals surface area contributed by atoms with Gasteiger partial charge in [-0.25, -0.2) is 20.0 Å². The zero-order valence-corrected chi connectivity index (χ0v) is 15.1. The van der Waals surface area contributed by atoms with Crippen LogP contribution >= 0.6 is 0 Å². The Hall–Kier alpha value is -2.76. The molecule has 2 aromatic rings. The second kappa shape index (κ2) is 7.88. The number of carbonyl (C=O) groups excluding carboxylic acids is 2. The number of carbonyl (C=O) groups is 2. The van der Waals surface area contributed by atoms with E-state index in [1.165, 1.54) is 5.01 Å². The molecule has 2 rings (SSSR count). The molecule has 0 radical (unpaired) electrons. The summed E-state index contributed by atoms with van der Waals surface area (Å²) < 4.78 is 5.23. The van der Waals surface area contributed by atoms with Gasteiger partial charge in [-0.3, -0.25) is 0 Å². The molecule has 0 bridgehead atoms. The minimum Gasteiger partial charge on any atom is -0.443 e. The first-order valence-corrected chi connectivity index (χ1v) is 8.31. The molecule has 0 aromatic heterocycles. The van der Waals surface area contributed by atoms with E-state index in [4.69, 9.17) is 4.74 Å². The predicted octanol–water partition coefficient (Wildman–Crippen LogP) is 3.81. The third kappa shape index (κ3) is 5.67. The Morgan fingerprint density at radius 3 is 2.40 bits per heavy atom. The minimum absolute atomic E-state index is 0.232. The zero-order chi connectivity index (χ0) is 18.4. The molecule has 25 heavy (non-hydrogen) atoms. The summed E-state index contributed by atoms with van der Waals surface area (Å²) in [6, 6.07) is 13.5. The molecule has 3 amide bonds. The Morgan fingerprint density at radius 2 is 1.76 bits per heavy atom. The topological polar surface area (TPSA) is 70.7 Å². The summed E-state index contributed by atoms with van der Waals surface area (Å²) in [4.78, 5) is 24.3. The molecule has 134 valence electrons. The highest BCUT2D eigenvalue weighted by atomic mass is 16.6. The lowest BCUT2D eigenvalue weighted by atomic mass is 10.1. The van der Waals surface area contributed by atoms with Crippen LogP contribution in [0, 0.1) is 0 Å². The average Bonchev–Trinajstić information content (AvgIpc) is 2.52. The fourth-order valence-corrected chi connectivity index (χ4v) is 2.34. The lowest BCUT2D eigenvalue weighted by Crippen LogP contribution is -2.51. The second-order valence-corrected chi connectivity index (χ2v) is 6.72. The zero-order valence-electron chi connectivity index (χ0n) is 15.1. The summed E-state index contributed by atoms with van der Waals surface area (Å²) in [5, 5.41) is 6.11. The van der Waals surface area contributed by atoms with Gasteiger partial charge in [0.25, 0.3) is 0 Å². The Kier molecular flexibility index (Phi) is 5.85. The monoisotopic (exact) mass is 343 g/mol. The number of benzene rings is 2. The summed E-state index contributed by atoms with van der Waals surface area (Å²) in [7, 11) is 0. The van der Waals surface area contributed by atoms with Crippen molar-refractivity contribution in [1.82, 2.24) is 15.8 Å². The first kappa shape index (κ1) is 18.6. The van der Waals surface area contributed by atoms with Crippen molar-refractivity contribution >= 4 is 22.9 Å². The minimum atomic E-state index is -0.667. The Morgan fingerprint density at radius 1 is 1.08 bits per heavy atom. The molecule has 0 fully saturated rings. The molecule has 0 saturated carbocycles. The van der Waals surface area contributed by atoms with Gasteiger partial charge in [0.05, 0.1) is 6.54 Å². The molecule has 2 N–H and O–H groups in total. The highest BCUT2D eigenvalue weighted by molar-refractivity contribution is 5.83. The molecule has 0 unspecified atom stereocenters. The predicted molar refractivity (Wildman–Crippen MR) is 97.9 cm³/mol. The molecular weight excluding hydrogens is 318 g/mol. The van der Waals surface area contributed by atoms with Gasteiger partial charge in [-0.15, -0.1) is 0 Å². The van der Waals surface area contributed by atoms with Crippen LogP contribution in [0.25, 0.3) is 10.8 Å². The van der Waals surface area contributed by atoms with E-state index in [9.17, 15) is 9.59 Å². The van der Waals surface area contributed by atoms with Gasteiger partial charge >= 0.3 is 12.1 Å². The maximum absolute atomic E-state index is 12.3. The highest BCUT2D eigenvalue weighted by Gasteiger charge is 2.21. The number of ether oxygens (including phenoxy) is 1. The van der Waals surface area contributed by atoms with Crippen LogP contribution in [0.15, 0.2) is 42.5 Å². The van der Waals surface area contributed by atoms with E-state index in [2.05, 4.69) is 10.7 Å². The smallest absolute Gasteiger partial charge is 0.426 e. The number of hydrogen-bond acceptors (Lipinski definition) is 3. The third-order valence-electron chi connectivity index (χ3n) is 3.35. The number of nitrogens with one attached hydrogen (secondary N) is 2. The van der Waals surface area contributed by atoms with Crippen LogP contribution in [-0.4, -0.2) is 29.3 Å². The van der Waals surface area contributed by atoms with Crippen LogP contribution in [0.2, 0.25) is 0 Å². The Bertz CT molecular complexity index is 753. The number of hydrazine groups is 1. The molecule has 6 nitrogen and oxygen atoms in total. The number of rotatable bonds is 3. The lowest BCUT2D eigenvalue weighted by molar-refractivity contribution is 0.0369. The number of fused-ring (bicyclic) bond motifs is 1. The van der Waals surface area contributed by atoms with E-state index in [0.29, 0.717) is 6.54 Å². The number of urea groups is 1. The van der Waals surface area contributed by atoms with Crippen LogP contribution in [-0.2, 0) is 11.3 Å². The first-order valence-electron chi connectivity index (χ1n) is 8.31. The lowest BCUT2D eigenvalue weighted by Gasteiger charge is -2.26. The van der Waals surface area contributed by atoms with Gasteiger partial charge in [-0.2, -0.15) is 0 Å². The van der Waals surface area contributed by atoms with E-state index >= 15 is 0 Å². The van der Waals surface area contributed by atoms with Crippen molar-refractivity contribution in [2.45, 2.75) is 39.8 Å². The number of nitrogens with zero attached hydrogens (tertiary/aromatic N) is 1. The summed E-state index contributed by atoms with van der Waals surface area (Å²) >= 11 is 0. The summed E-state index contributed by atoms with van der Waals surface area (Å²) in [5.41, 5.74) is 2.78. The van der Waals surface area contributed by atoms with Crippen LogP contribution in [0.5, 0.6) is 0 Å². The molecule has 0 saturated heterocycles. The first-order chi connectivity index (χ1) is 11.8. The average molecular weight is 343 g/mol. The molecule has 2 aromatic carbocycles. The largest absolute Gasteiger partial charge is 0.443 e. The van der Waals surface area contributed by atoms with Gasteiger partial charge in [-0.1, -0.05) is 36.4 Å². The quantitative estimate of drug-likeness (QED) is 0.833. The van der Waals surface area contributed by atoms with E-state index in [1.807, 2.05) is 49.4 Å². The second-order valence-electron chi connectivity index (χ2n) is 6.72. The van der Waals surface area contributed by atoms with Crippen molar-refractivity contribution in [2.24, 2.45) is 0 Å². The maximum Gasteiger partial charge on any atom is 0.426 e. The van der Waals surface area contributed by atoms with Gasteiger partial charge < -0.3 is 10.1 Å². The van der Waals surface area contributed by atoms with Gasteiger partial charge in [0.2, 0.25) is 0 Å². The van der Waals surface area contributed by atoms with Crippen LogP contribution < -0.4 is 10.7 Å². The maximum atomic E-state index is 12.3. The summed E-state index contributed by atoms with van der Waals surface area (Å²) in [5.74, 6) is 0. The van der Waals surface area contributed by atoms with E-state index in [1.54, 1.807) is 20.8 Å². The molecule has 0 atom stereocenters. The molecule has 0 heterocycles. The van der Waals surface area contributed by atoms with Crippen molar-refractivity contribution in [1.29, 1.82) is 0 Å². The van der Waals surface area contributed by atoms with Gasteiger partial charge in [-0.05, 0) is 50.1 Å². The fourth-order valence-electron chi connectivity index (χ4n) is 2.34. The molecule has 6 heteroatoms.